The van der Waals surface area contributed by atoms with Crippen LogP contribution in [0.25, 0.3) is 0 Å². The summed E-state index contributed by atoms with van der Waals surface area (Å²) in [6.07, 6.45) is -3.35. The van der Waals surface area contributed by atoms with E-state index in [1.165, 1.54) is 10.5 Å². The fraction of sp³-hybridized carbons (Fsp3) is 0.650. The molecule has 1 atom stereocenters. The van der Waals surface area contributed by atoms with Gasteiger partial charge in [-0.05, 0) is 43.2 Å². The van der Waals surface area contributed by atoms with Gasteiger partial charge in [-0.2, -0.15) is 13.2 Å². The Morgan fingerprint density at radius 1 is 1.30 bits per heavy atom. The molecule has 1 aromatic heterocycles. The highest BCUT2D eigenvalue weighted by Crippen LogP contribution is 2.25. The van der Waals surface area contributed by atoms with E-state index in [1.807, 2.05) is 6.07 Å². The number of aryl methyl sites for hydroxylation is 2. The minimum absolute atomic E-state index is 0.214. The van der Waals surface area contributed by atoms with Crippen molar-refractivity contribution in [3.63, 3.8) is 0 Å². The smallest absolute Gasteiger partial charge is 0.390 e. The molecule has 3 rings (SSSR count). The van der Waals surface area contributed by atoms with Gasteiger partial charge < -0.3 is 15.3 Å². The monoisotopic (exact) mass is 492 g/mol. The molecule has 33 heavy (non-hydrogen) atoms. The first-order chi connectivity index (χ1) is 15.4. The molecule has 184 valence electrons. The van der Waals surface area contributed by atoms with E-state index in [9.17, 15) is 36.3 Å². The number of carbonyl (C=O) groups is 2. The molecule has 0 aromatic carbocycles. The predicted octanol–water partition coefficient (Wildman–Crippen LogP) is 1.55. The van der Waals surface area contributed by atoms with Crippen LogP contribution in [0, 0.1) is 5.92 Å². The second kappa shape index (κ2) is 10.2. The summed E-state index contributed by atoms with van der Waals surface area (Å²) in [5.74, 6) is -2.35. The lowest BCUT2D eigenvalue weighted by molar-refractivity contribution is -0.145. The van der Waals surface area contributed by atoms with Crippen LogP contribution in [-0.4, -0.2) is 72.9 Å². The fourth-order valence-electron chi connectivity index (χ4n) is 3.83. The van der Waals surface area contributed by atoms with Crippen LogP contribution in [0.3, 0.4) is 0 Å². The molecule has 3 N–H and O–H groups in total. The first-order valence-electron chi connectivity index (χ1n) is 10.7. The van der Waals surface area contributed by atoms with Crippen LogP contribution >= 0.6 is 0 Å². The number of rotatable bonds is 10. The van der Waals surface area contributed by atoms with E-state index in [0.717, 1.165) is 43.7 Å². The molecule has 3 heterocycles. The van der Waals surface area contributed by atoms with E-state index in [2.05, 4.69) is 16.4 Å². The average molecular weight is 493 g/mol. The normalized spacial score (nSPS) is 17.6. The third-order valence-corrected chi connectivity index (χ3v) is 7.11. The summed E-state index contributed by atoms with van der Waals surface area (Å²) >= 11 is 0. The number of nitrogens with one attached hydrogen (secondary N) is 2. The Morgan fingerprint density at radius 2 is 2.03 bits per heavy atom. The fourth-order valence-corrected chi connectivity index (χ4v) is 5.06. The number of anilines is 1. The second-order valence-electron chi connectivity index (χ2n) is 8.44. The molecule has 9 nitrogen and oxygen atoms in total. The number of hydrogen-bond donors (Lipinski definition) is 3. The molecule has 0 spiro atoms. The van der Waals surface area contributed by atoms with Gasteiger partial charge in [0.1, 0.15) is 11.9 Å². The summed E-state index contributed by atoms with van der Waals surface area (Å²) in [5, 5.41) is 12.5. The molecule has 1 saturated heterocycles. The van der Waals surface area contributed by atoms with Gasteiger partial charge in [0, 0.05) is 25.3 Å². The third kappa shape index (κ3) is 7.56. The number of aliphatic carboxylic acids is 1. The number of nitrogens with zero attached hydrogens (tertiary/aromatic N) is 2. The number of carbonyl (C=O) groups excluding carboxylic acids is 1. The van der Waals surface area contributed by atoms with Gasteiger partial charge in [-0.15, -0.1) is 0 Å². The van der Waals surface area contributed by atoms with Crippen molar-refractivity contribution in [2.45, 2.75) is 50.7 Å². The summed E-state index contributed by atoms with van der Waals surface area (Å²) in [6, 6.07) is 2.25. The average Bonchev–Trinajstić information content (AvgIpc) is 2.70. The second-order valence-corrected chi connectivity index (χ2v) is 10.3. The largest absolute Gasteiger partial charge is 0.480 e. The highest BCUT2D eigenvalue weighted by molar-refractivity contribution is 7.89. The van der Waals surface area contributed by atoms with Crippen molar-refractivity contribution >= 4 is 27.7 Å². The molecule has 1 unspecified atom stereocenters. The maximum atomic E-state index is 12.4. The number of hydrogen-bond acceptors (Lipinski definition) is 6. The Bertz CT molecular complexity index is 980. The van der Waals surface area contributed by atoms with E-state index >= 15 is 0 Å². The molecular weight excluding hydrogens is 465 g/mol. The summed E-state index contributed by atoms with van der Waals surface area (Å²) < 4.78 is 62.0. The number of alkyl halides is 3. The number of carboxylic acids is 1. The van der Waals surface area contributed by atoms with Crippen molar-refractivity contribution in [3.8, 4) is 0 Å². The standard InChI is InChI=1S/C20H27F3N4O5S/c21-20(22,23)7-9-33(31,32)26-16(19(29)30)10-17(28)27-11-13(12-27)3-5-15-6-4-14-2-1-8-24-18(14)25-15/h4,6,13,16,26H,1-3,5,7-12H2,(H,24,25)(H,29,30). The van der Waals surface area contributed by atoms with Crippen molar-refractivity contribution in [3.05, 3.63) is 23.4 Å². The van der Waals surface area contributed by atoms with Crippen LogP contribution in [0.15, 0.2) is 12.1 Å². The van der Waals surface area contributed by atoms with E-state index in [1.54, 1.807) is 4.72 Å². The van der Waals surface area contributed by atoms with Crippen LogP contribution in [-0.2, 0) is 32.5 Å². The molecule has 2 aliphatic rings. The van der Waals surface area contributed by atoms with Crippen LogP contribution in [0.1, 0.15) is 36.9 Å². The first-order valence-corrected chi connectivity index (χ1v) is 12.4. The van der Waals surface area contributed by atoms with Crippen LogP contribution in [0.2, 0.25) is 0 Å². The summed E-state index contributed by atoms with van der Waals surface area (Å²) in [4.78, 5) is 29.7. The summed E-state index contributed by atoms with van der Waals surface area (Å²) in [5.41, 5.74) is 2.15. The van der Waals surface area contributed by atoms with Gasteiger partial charge in [0.2, 0.25) is 15.9 Å². The van der Waals surface area contributed by atoms with Gasteiger partial charge in [0.15, 0.2) is 0 Å². The van der Waals surface area contributed by atoms with Gasteiger partial charge in [-0.3, -0.25) is 9.59 Å². The molecule has 0 radical (unpaired) electrons. The minimum atomic E-state index is -4.69. The summed E-state index contributed by atoms with van der Waals surface area (Å²) in [6.45, 7) is 1.73. The zero-order valence-corrected chi connectivity index (χ0v) is 18.7. The van der Waals surface area contributed by atoms with Gasteiger partial charge >= 0.3 is 12.1 Å². The van der Waals surface area contributed by atoms with Gasteiger partial charge in [0.25, 0.3) is 0 Å². The van der Waals surface area contributed by atoms with Crippen LogP contribution in [0.4, 0.5) is 19.0 Å². The lowest BCUT2D eigenvalue weighted by atomic mass is 9.93. The zero-order chi connectivity index (χ0) is 24.2. The van der Waals surface area contributed by atoms with E-state index in [-0.39, 0.29) is 5.92 Å². The Labute approximate surface area is 189 Å². The number of aromatic nitrogens is 1. The van der Waals surface area contributed by atoms with Crippen molar-refractivity contribution in [2.75, 3.05) is 30.7 Å². The highest BCUT2D eigenvalue weighted by atomic mass is 32.2. The topological polar surface area (TPSA) is 129 Å². The van der Waals surface area contributed by atoms with E-state index in [4.69, 9.17) is 0 Å². The number of pyridine rings is 1. The minimum Gasteiger partial charge on any atom is -0.480 e. The number of fused-ring (bicyclic) bond motifs is 1. The molecular formula is C20H27F3N4O5S. The number of amides is 1. The SMILES string of the molecule is O=C(O)C(CC(=O)N1CC(CCc2ccc3c(n2)NCCC3)C1)NS(=O)(=O)CCC(F)(F)F. The Hall–Kier alpha value is -2.41. The number of likely N-dealkylation sites (tertiary alicyclic amines) is 1. The lowest BCUT2D eigenvalue weighted by Crippen LogP contribution is -2.53. The maximum absolute atomic E-state index is 12.4. The van der Waals surface area contributed by atoms with Gasteiger partial charge in [-0.1, -0.05) is 6.07 Å². The lowest BCUT2D eigenvalue weighted by Gasteiger charge is -2.40. The van der Waals surface area contributed by atoms with E-state index in [0.29, 0.717) is 13.1 Å². The molecule has 0 saturated carbocycles. The Kier molecular flexibility index (Phi) is 7.83. The van der Waals surface area contributed by atoms with Crippen molar-refractivity contribution in [1.29, 1.82) is 0 Å². The molecule has 0 aliphatic carbocycles. The Balaban J connectivity index is 1.43. The van der Waals surface area contributed by atoms with Crippen LogP contribution < -0.4 is 10.0 Å². The predicted molar refractivity (Wildman–Crippen MR) is 113 cm³/mol. The van der Waals surface area contributed by atoms with Crippen LogP contribution in [0.5, 0.6) is 0 Å². The van der Waals surface area contributed by atoms with E-state index < -0.39 is 52.7 Å². The number of halogens is 3. The molecule has 1 amide bonds. The van der Waals surface area contributed by atoms with Crippen molar-refractivity contribution < 1.29 is 36.3 Å². The van der Waals surface area contributed by atoms with Crippen molar-refractivity contribution in [1.82, 2.24) is 14.6 Å². The molecule has 1 aromatic rings. The summed E-state index contributed by atoms with van der Waals surface area (Å²) in [7, 11) is -4.51. The number of carboxylic acid groups (broad SMARTS) is 1. The number of sulfonamides is 1. The van der Waals surface area contributed by atoms with Gasteiger partial charge in [-0.25, -0.2) is 18.1 Å². The zero-order valence-electron chi connectivity index (χ0n) is 17.9. The quantitative estimate of drug-likeness (QED) is 0.452. The molecule has 2 aliphatic heterocycles. The molecule has 13 heteroatoms. The first kappa shape index (κ1) is 25.2. The highest BCUT2D eigenvalue weighted by Gasteiger charge is 2.36. The van der Waals surface area contributed by atoms with Crippen molar-refractivity contribution in [2.24, 2.45) is 5.92 Å². The maximum Gasteiger partial charge on any atom is 0.390 e. The molecule has 0 bridgehead atoms. The Morgan fingerprint density at radius 3 is 2.70 bits per heavy atom. The third-order valence-electron chi connectivity index (χ3n) is 5.72. The van der Waals surface area contributed by atoms with Gasteiger partial charge in [0.05, 0.1) is 18.6 Å². The molecule has 1 fully saturated rings.